The highest BCUT2D eigenvalue weighted by Crippen LogP contribution is 2.18. The second-order valence-electron chi connectivity index (χ2n) is 5.20. The van der Waals surface area contributed by atoms with Crippen molar-refractivity contribution in [1.29, 1.82) is 0 Å². The Balaban J connectivity index is 1.67. The van der Waals surface area contributed by atoms with Gasteiger partial charge in [0.25, 0.3) is 5.91 Å². The molecule has 0 bridgehead atoms. The minimum atomic E-state index is -0.198. The first-order valence-corrected chi connectivity index (χ1v) is 7.01. The number of rotatable bonds is 4. The summed E-state index contributed by atoms with van der Waals surface area (Å²) in [6.45, 7) is 2.42. The zero-order chi connectivity index (χ0) is 15.5. The average molecular weight is 295 g/mol. The van der Waals surface area contributed by atoms with Crippen LogP contribution in [0.25, 0.3) is 11.3 Å². The molecule has 0 saturated heterocycles. The van der Waals surface area contributed by atoms with E-state index in [1.807, 2.05) is 50.5 Å². The number of carbonyl (C=O) groups is 1. The summed E-state index contributed by atoms with van der Waals surface area (Å²) in [6, 6.07) is 11.6. The first-order valence-electron chi connectivity index (χ1n) is 7.01. The smallest absolute Gasteiger partial charge is 0.269 e. The Hall–Kier alpha value is -2.89. The molecule has 0 atom stereocenters. The molecular weight excluding hydrogens is 278 g/mol. The van der Waals surface area contributed by atoms with Crippen LogP contribution in [0.3, 0.4) is 0 Å². The quantitative estimate of drug-likeness (QED) is 0.773. The van der Waals surface area contributed by atoms with Gasteiger partial charge in [0.05, 0.1) is 17.9 Å². The Bertz CT molecular complexity index is 785. The van der Waals surface area contributed by atoms with Gasteiger partial charge in [-0.25, -0.2) is 0 Å². The lowest BCUT2D eigenvalue weighted by Gasteiger charge is -2.00. The molecule has 0 radical (unpaired) electrons. The van der Waals surface area contributed by atoms with E-state index < -0.39 is 0 Å². The lowest BCUT2D eigenvalue weighted by atomic mass is 10.1. The van der Waals surface area contributed by atoms with E-state index in [1.165, 1.54) is 5.56 Å². The topological polar surface area (TPSA) is 75.6 Å². The molecule has 0 unspecified atom stereocenters. The third-order valence-electron chi connectivity index (χ3n) is 3.37. The summed E-state index contributed by atoms with van der Waals surface area (Å²) in [5, 5.41) is 14.0. The van der Waals surface area contributed by atoms with E-state index in [9.17, 15) is 4.79 Å². The van der Waals surface area contributed by atoms with E-state index in [0.29, 0.717) is 12.2 Å². The van der Waals surface area contributed by atoms with Gasteiger partial charge in [-0.2, -0.15) is 10.2 Å². The molecule has 22 heavy (non-hydrogen) atoms. The molecule has 6 heteroatoms. The summed E-state index contributed by atoms with van der Waals surface area (Å²) in [6.07, 6.45) is 1.84. The minimum absolute atomic E-state index is 0.198. The van der Waals surface area contributed by atoms with Gasteiger partial charge in [-0.05, 0) is 19.1 Å². The summed E-state index contributed by atoms with van der Waals surface area (Å²) < 4.78 is 1.70. The van der Waals surface area contributed by atoms with Gasteiger partial charge in [0.1, 0.15) is 5.69 Å². The Morgan fingerprint density at radius 2 is 2.05 bits per heavy atom. The van der Waals surface area contributed by atoms with Crippen molar-refractivity contribution in [1.82, 2.24) is 25.3 Å². The highest BCUT2D eigenvalue weighted by atomic mass is 16.1. The minimum Gasteiger partial charge on any atom is -0.345 e. The lowest BCUT2D eigenvalue weighted by Crippen LogP contribution is -2.23. The number of nitrogens with zero attached hydrogens (tertiary/aromatic N) is 3. The predicted molar refractivity (Wildman–Crippen MR) is 83.1 cm³/mol. The fourth-order valence-electron chi connectivity index (χ4n) is 2.13. The number of aromatic amines is 1. The van der Waals surface area contributed by atoms with Crippen LogP contribution in [0, 0.1) is 6.92 Å². The molecule has 0 aliphatic carbocycles. The number of hydrogen-bond donors (Lipinski definition) is 2. The number of aromatic nitrogens is 4. The number of H-pyrrole nitrogens is 1. The molecular formula is C16H17N5O. The van der Waals surface area contributed by atoms with Crippen molar-refractivity contribution < 1.29 is 4.79 Å². The zero-order valence-electron chi connectivity index (χ0n) is 12.5. The van der Waals surface area contributed by atoms with Gasteiger partial charge < -0.3 is 5.32 Å². The predicted octanol–water partition coefficient (Wildman–Crippen LogP) is 2.05. The standard InChI is InChI=1S/C16H17N5O/c1-11-3-5-12(6-4-11)14-9-15(19-18-14)16(22)17-10-13-7-8-21(2)20-13/h3-9H,10H2,1-2H3,(H,17,22)(H,18,19). The Kier molecular flexibility index (Phi) is 3.74. The first-order chi connectivity index (χ1) is 10.6. The van der Waals surface area contributed by atoms with Crippen molar-refractivity contribution in [3.05, 3.63) is 59.5 Å². The van der Waals surface area contributed by atoms with Gasteiger partial charge in [-0.1, -0.05) is 29.8 Å². The van der Waals surface area contributed by atoms with Gasteiger partial charge in [0, 0.05) is 18.8 Å². The molecule has 112 valence electrons. The SMILES string of the molecule is Cc1ccc(-c2cc(C(=O)NCc3ccn(C)n3)[nH]n2)cc1. The van der Waals surface area contributed by atoms with Crippen LogP contribution in [0.2, 0.25) is 0 Å². The maximum atomic E-state index is 12.1. The van der Waals surface area contributed by atoms with Crippen molar-refractivity contribution in [2.24, 2.45) is 7.05 Å². The van der Waals surface area contributed by atoms with E-state index in [1.54, 1.807) is 10.7 Å². The van der Waals surface area contributed by atoms with E-state index in [2.05, 4.69) is 20.6 Å². The van der Waals surface area contributed by atoms with E-state index >= 15 is 0 Å². The number of benzene rings is 1. The van der Waals surface area contributed by atoms with Crippen molar-refractivity contribution in [3.8, 4) is 11.3 Å². The van der Waals surface area contributed by atoms with Gasteiger partial charge in [0.2, 0.25) is 0 Å². The van der Waals surface area contributed by atoms with Gasteiger partial charge >= 0.3 is 0 Å². The normalized spacial score (nSPS) is 10.6. The van der Waals surface area contributed by atoms with Crippen LogP contribution in [-0.2, 0) is 13.6 Å². The molecule has 1 amide bonds. The zero-order valence-corrected chi connectivity index (χ0v) is 12.5. The van der Waals surface area contributed by atoms with Crippen LogP contribution >= 0.6 is 0 Å². The largest absolute Gasteiger partial charge is 0.345 e. The third kappa shape index (κ3) is 3.06. The Morgan fingerprint density at radius 1 is 1.27 bits per heavy atom. The van der Waals surface area contributed by atoms with Crippen LogP contribution in [0.4, 0.5) is 0 Å². The fraction of sp³-hybridized carbons (Fsp3) is 0.188. The van der Waals surface area contributed by atoms with Crippen LogP contribution in [-0.4, -0.2) is 25.9 Å². The summed E-state index contributed by atoms with van der Waals surface area (Å²) in [5.41, 5.74) is 4.17. The molecule has 0 saturated carbocycles. The van der Waals surface area contributed by atoms with Crippen molar-refractivity contribution >= 4 is 5.91 Å². The molecule has 2 heterocycles. The molecule has 6 nitrogen and oxygen atoms in total. The maximum Gasteiger partial charge on any atom is 0.269 e. The van der Waals surface area contributed by atoms with E-state index in [4.69, 9.17) is 0 Å². The monoisotopic (exact) mass is 295 g/mol. The summed E-state index contributed by atoms with van der Waals surface area (Å²) in [7, 11) is 1.84. The molecule has 0 spiro atoms. The molecule has 2 N–H and O–H groups in total. The van der Waals surface area contributed by atoms with Crippen LogP contribution in [0.5, 0.6) is 0 Å². The number of amides is 1. The highest BCUT2D eigenvalue weighted by molar-refractivity contribution is 5.93. The number of aryl methyl sites for hydroxylation is 2. The van der Waals surface area contributed by atoms with Crippen molar-refractivity contribution in [3.63, 3.8) is 0 Å². The van der Waals surface area contributed by atoms with Crippen molar-refractivity contribution in [2.75, 3.05) is 0 Å². The number of nitrogens with one attached hydrogen (secondary N) is 2. The molecule has 0 aliphatic rings. The highest BCUT2D eigenvalue weighted by Gasteiger charge is 2.11. The summed E-state index contributed by atoms with van der Waals surface area (Å²) >= 11 is 0. The van der Waals surface area contributed by atoms with Crippen molar-refractivity contribution in [2.45, 2.75) is 13.5 Å². The van der Waals surface area contributed by atoms with Crippen LogP contribution in [0.15, 0.2) is 42.6 Å². The second-order valence-corrected chi connectivity index (χ2v) is 5.20. The van der Waals surface area contributed by atoms with Crippen LogP contribution in [0.1, 0.15) is 21.7 Å². The molecule has 3 aromatic rings. The van der Waals surface area contributed by atoms with E-state index in [0.717, 1.165) is 17.0 Å². The summed E-state index contributed by atoms with van der Waals surface area (Å²) in [5.74, 6) is -0.198. The Morgan fingerprint density at radius 3 is 2.73 bits per heavy atom. The summed E-state index contributed by atoms with van der Waals surface area (Å²) in [4.78, 5) is 12.1. The molecule has 0 aliphatic heterocycles. The first kappa shape index (κ1) is 14.1. The van der Waals surface area contributed by atoms with Gasteiger partial charge in [-0.3, -0.25) is 14.6 Å². The van der Waals surface area contributed by atoms with Gasteiger partial charge in [-0.15, -0.1) is 0 Å². The molecule has 2 aromatic heterocycles. The molecule has 3 rings (SSSR count). The second kappa shape index (κ2) is 5.85. The Labute approximate surface area is 128 Å². The third-order valence-corrected chi connectivity index (χ3v) is 3.37. The number of hydrogen-bond acceptors (Lipinski definition) is 3. The molecule has 0 fully saturated rings. The lowest BCUT2D eigenvalue weighted by molar-refractivity contribution is 0.0945. The fourth-order valence-corrected chi connectivity index (χ4v) is 2.13. The van der Waals surface area contributed by atoms with E-state index in [-0.39, 0.29) is 5.91 Å². The average Bonchev–Trinajstić information content (AvgIpc) is 3.15. The maximum absolute atomic E-state index is 12.1. The van der Waals surface area contributed by atoms with Gasteiger partial charge in [0.15, 0.2) is 0 Å². The molecule has 1 aromatic carbocycles. The van der Waals surface area contributed by atoms with Crippen LogP contribution < -0.4 is 5.32 Å². The number of carbonyl (C=O) groups excluding carboxylic acids is 1.